The number of nitro benzene ring substituents is 1. The van der Waals surface area contributed by atoms with E-state index in [-0.39, 0.29) is 11.3 Å². The molecule has 0 saturated heterocycles. The number of halogens is 1. The van der Waals surface area contributed by atoms with Crippen LogP contribution in [0.4, 0.5) is 5.69 Å². The molecule has 0 saturated carbocycles. The fourth-order valence-corrected chi connectivity index (χ4v) is 2.19. The van der Waals surface area contributed by atoms with Crippen molar-refractivity contribution in [3.05, 3.63) is 56.5 Å². The molecule has 7 heteroatoms. The van der Waals surface area contributed by atoms with Crippen LogP contribution in [-0.2, 0) is 6.61 Å². The molecule has 0 aliphatic heterocycles. The normalized spacial score (nSPS) is 10.2. The van der Waals surface area contributed by atoms with Crippen molar-refractivity contribution in [2.75, 3.05) is 7.11 Å². The lowest BCUT2D eigenvalue weighted by Crippen LogP contribution is -1.96. The first-order chi connectivity index (χ1) is 10.0. The highest BCUT2D eigenvalue weighted by molar-refractivity contribution is 9.10. The molecule has 0 radical (unpaired) electrons. The Hall–Kier alpha value is -2.12. The molecule has 21 heavy (non-hydrogen) atoms. The van der Waals surface area contributed by atoms with Crippen LogP contribution in [0.5, 0.6) is 17.2 Å². The fourth-order valence-electron chi connectivity index (χ4n) is 1.75. The van der Waals surface area contributed by atoms with Gasteiger partial charge in [0.25, 0.3) is 5.69 Å². The van der Waals surface area contributed by atoms with E-state index in [4.69, 9.17) is 9.47 Å². The molecule has 0 bridgehead atoms. The number of aliphatic hydroxyl groups is 1. The third-order valence-electron chi connectivity index (χ3n) is 2.78. The predicted octanol–water partition coefficient (Wildman–Crippen LogP) is 3.65. The summed E-state index contributed by atoms with van der Waals surface area (Å²) in [5.74, 6) is 1.61. The van der Waals surface area contributed by atoms with Crippen molar-refractivity contribution in [1.29, 1.82) is 0 Å². The Morgan fingerprint density at radius 3 is 2.52 bits per heavy atom. The van der Waals surface area contributed by atoms with Crippen molar-refractivity contribution in [1.82, 2.24) is 0 Å². The van der Waals surface area contributed by atoms with Gasteiger partial charge in [0.1, 0.15) is 17.2 Å². The fraction of sp³-hybridized carbons (Fsp3) is 0.143. The number of hydrogen-bond acceptors (Lipinski definition) is 5. The third-order valence-corrected chi connectivity index (χ3v) is 3.40. The van der Waals surface area contributed by atoms with Crippen LogP contribution in [0.15, 0.2) is 40.9 Å². The molecule has 0 unspecified atom stereocenters. The second-order valence-corrected chi connectivity index (χ2v) is 4.96. The molecule has 0 atom stereocenters. The zero-order chi connectivity index (χ0) is 15.4. The maximum atomic E-state index is 10.8. The molecule has 6 nitrogen and oxygen atoms in total. The number of methoxy groups -OCH3 is 1. The third kappa shape index (κ3) is 3.50. The number of hydrogen-bond donors (Lipinski definition) is 1. The van der Waals surface area contributed by atoms with Gasteiger partial charge in [0.15, 0.2) is 0 Å². The minimum absolute atomic E-state index is 0.140. The van der Waals surface area contributed by atoms with E-state index in [9.17, 15) is 15.2 Å². The molecular weight excluding hydrogens is 342 g/mol. The van der Waals surface area contributed by atoms with Crippen molar-refractivity contribution in [3.63, 3.8) is 0 Å². The van der Waals surface area contributed by atoms with E-state index in [2.05, 4.69) is 15.9 Å². The van der Waals surface area contributed by atoms with Crippen LogP contribution in [0, 0.1) is 10.1 Å². The molecule has 0 heterocycles. The first-order valence-electron chi connectivity index (χ1n) is 5.94. The topological polar surface area (TPSA) is 81.8 Å². The highest BCUT2D eigenvalue weighted by Gasteiger charge is 2.14. The number of nitro groups is 1. The zero-order valence-corrected chi connectivity index (χ0v) is 12.7. The first kappa shape index (κ1) is 15.3. The molecule has 0 fully saturated rings. The molecule has 2 rings (SSSR count). The van der Waals surface area contributed by atoms with Crippen LogP contribution in [0.1, 0.15) is 5.56 Å². The van der Waals surface area contributed by atoms with Gasteiger partial charge >= 0.3 is 0 Å². The predicted molar refractivity (Wildman–Crippen MR) is 79.8 cm³/mol. The smallest absolute Gasteiger partial charge is 0.275 e. The van der Waals surface area contributed by atoms with E-state index in [0.717, 1.165) is 0 Å². The summed E-state index contributed by atoms with van der Waals surface area (Å²) in [5, 5.41) is 20.0. The van der Waals surface area contributed by atoms with Gasteiger partial charge in [-0.3, -0.25) is 10.1 Å². The Balaban J connectivity index is 2.29. The lowest BCUT2D eigenvalue weighted by Gasteiger charge is -2.10. The Morgan fingerprint density at radius 2 is 1.95 bits per heavy atom. The van der Waals surface area contributed by atoms with E-state index < -0.39 is 11.5 Å². The maximum absolute atomic E-state index is 10.8. The summed E-state index contributed by atoms with van der Waals surface area (Å²) in [6, 6.07) is 9.41. The Morgan fingerprint density at radius 1 is 1.24 bits per heavy atom. The van der Waals surface area contributed by atoms with Crippen molar-refractivity contribution in [2.45, 2.75) is 6.61 Å². The van der Waals surface area contributed by atoms with E-state index in [0.29, 0.717) is 21.7 Å². The van der Waals surface area contributed by atoms with Gasteiger partial charge in [-0.25, -0.2) is 0 Å². The van der Waals surface area contributed by atoms with Crippen LogP contribution in [0.2, 0.25) is 0 Å². The number of aliphatic hydroxyl groups excluding tert-OH is 1. The van der Waals surface area contributed by atoms with Crippen LogP contribution in [0.25, 0.3) is 0 Å². The zero-order valence-electron chi connectivity index (χ0n) is 11.1. The summed E-state index contributed by atoms with van der Waals surface area (Å²) in [6.07, 6.45) is 0. The molecule has 0 spiro atoms. The van der Waals surface area contributed by atoms with Gasteiger partial charge in [-0.05, 0) is 46.3 Å². The molecule has 2 aromatic rings. The highest BCUT2D eigenvalue weighted by atomic mass is 79.9. The van der Waals surface area contributed by atoms with E-state index in [1.807, 2.05) is 0 Å². The van der Waals surface area contributed by atoms with Crippen molar-refractivity contribution < 1.29 is 19.5 Å². The summed E-state index contributed by atoms with van der Waals surface area (Å²) in [5.41, 5.74) is 0.0563. The van der Waals surface area contributed by atoms with E-state index >= 15 is 0 Å². The Kier molecular flexibility index (Phi) is 4.77. The summed E-state index contributed by atoms with van der Waals surface area (Å²) in [6.45, 7) is -0.433. The molecule has 110 valence electrons. The van der Waals surface area contributed by atoms with Gasteiger partial charge in [-0.1, -0.05) is 0 Å². The molecule has 0 aliphatic carbocycles. The van der Waals surface area contributed by atoms with Crippen molar-refractivity contribution in [2.24, 2.45) is 0 Å². The quantitative estimate of drug-likeness (QED) is 0.655. The number of rotatable bonds is 5. The second kappa shape index (κ2) is 6.55. The summed E-state index contributed by atoms with van der Waals surface area (Å²) >= 11 is 3.36. The largest absolute Gasteiger partial charge is 0.497 e. The van der Waals surface area contributed by atoms with Gasteiger partial charge in [-0.15, -0.1) is 0 Å². The maximum Gasteiger partial charge on any atom is 0.275 e. The standard InChI is InChI=1S/C14H12BrNO5/c1-20-10-3-5-14(12(15)7-10)21-11-2-4-13(16(18)19)9(6-11)8-17/h2-7,17H,8H2,1H3. The van der Waals surface area contributed by atoms with Gasteiger partial charge in [-0.2, -0.15) is 0 Å². The number of ether oxygens (including phenoxy) is 2. The molecule has 1 N–H and O–H groups in total. The average Bonchev–Trinajstić information content (AvgIpc) is 2.48. The van der Waals surface area contributed by atoms with Crippen LogP contribution in [-0.4, -0.2) is 17.1 Å². The van der Waals surface area contributed by atoms with E-state index in [1.54, 1.807) is 25.3 Å². The van der Waals surface area contributed by atoms with Gasteiger partial charge < -0.3 is 14.6 Å². The van der Waals surface area contributed by atoms with Crippen molar-refractivity contribution in [3.8, 4) is 17.2 Å². The molecule has 2 aromatic carbocycles. The number of nitrogens with zero attached hydrogens (tertiary/aromatic N) is 1. The van der Waals surface area contributed by atoms with Crippen LogP contribution >= 0.6 is 15.9 Å². The van der Waals surface area contributed by atoms with Gasteiger partial charge in [0, 0.05) is 6.07 Å². The first-order valence-corrected chi connectivity index (χ1v) is 6.74. The molecule has 0 amide bonds. The van der Waals surface area contributed by atoms with Gasteiger partial charge in [0.2, 0.25) is 0 Å². The minimum atomic E-state index is -0.543. The highest BCUT2D eigenvalue weighted by Crippen LogP contribution is 2.34. The summed E-state index contributed by atoms with van der Waals surface area (Å²) in [4.78, 5) is 10.3. The SMILES string of the molecule is COc1ccc(Oc2ccc([N+](=O)[O-])c(CO)c2)c(Br)c1. The average molecular weight is 354 g/mol. The molecule has 0 aliphatic rings. The lowest BCUT2D eigenvalue weighted by molar-refractivity contribution is -0.385. The number of benzene rings is 2. The van der Waals surface area contributed by atoms with E-state index in [1.165, 1.54) is 18.2 Å². The summed E-state index contributed by atoms with van der Waals surface area (Å²) < 4.78 is 11.4. The van der Waals surface area contributed by atoms with Gasteiger partial charge in [0.05, 0.1) is 28.7 Å². The molecular formula is C14H12BrNO5. The molecule has 0 aromatic heterocycles. The Labute approximate surface area is 129 Å². The van der Waals surface area contributed by atoms with Crippen LogP contribution < -0.4 is 9.47 Å². The Bertz CT molecular complexity index is 674. The summed E-state index contributed by atoms with van der Waals surface area (Å²) in [7, 11) is 1.56. The minimum Gasteiger partial charge on any atom is -0.497 e. The monoisotopic (exact) mass is 353 g/mol. The van der Waals surface area contributed by atoms with Crippen molar-refractivity contribution >= 4 is 21.6 Å². The van der Waals surface area contributed by atoms with Crippen LogP contribution in [0.3, 0.4) is 0 Å². The lowest BCUT2D eigenvalue weighted by atomic mass is 10.2. The second-order valence-electron chi connectivity index (χ2n) is 4.10.